The molecule has 2 heterocycles. The zero-order chi connectivity index (χ0) is 13.9. The second kappa shape index (κ2) is 7.29. The summed E-state index contributed by atoms with van der Waals surface area (Å²) in [6.07, 6.45) is 2.21. The normalized spacial score (nSPS) is 17.1. The molecule has 20 heavy (non-hydrogen) atoms. The maximum Gasteiger partial charge on any atom is 0.265 e. The van der Waals surface area contributed by atoms with Crippen LogP contribution in [0.1, 0.15) is 34.3 Å². The molecule has 4 nitrogen and oxygen atoms in total. The molecule has 1 saturated heterocycles. The summed E-state index contributed by atoms with van der Waals surface area (Å²) in [4.78, 5) is 14.0. The molecule has 0 atom stereocenters. The molecule has 2 N–H and O–H groups in total. The van der Waals surface area contributed by atoms with Gasteiger partial charge in [-0.3, -0.25) is 4.79 Å². The Morgan fingerprint density at radius 3 is 2.75 bits per heavy atom. The fraction of sp³-hybridized carbons (Fsp3) is 0.643. The minimum absolute atomic E-state index is 0. The summed E-state index contributed by atoms with van der Waals surface area (Å²) in [5, 5.41) is 6.41. The van der Waals surface area contributed by atoms with Crippen molar-refractivity contribution < 1.29 is 9.53 Å². The first-order valence-electron chi connectivity index (χ1n) is 6.67. The number of rotatable bonds is 4. The minimum atomic E-state index is -0.0188. The molecule has 0 bridgehead atoms. The van der Waals surface area contributed by atoms with Gasteiger partial charge in [-0.25, -0.2) is 0 Å². The van der Waals surface area contributed by atoms with Crippen LogP contribution in [0.15, 0.2) is 6.07 Å². The van der Waals surface area contributed by atoms with E-state index in [1.165, 1.54) is 11.3 Å². The van der Waals surface area contributed by atoms with Gasteiger partial charge in [0.2, 0.25) is 0 Å². The van der Waals surface area contributed by atoms with E-state index in [0.29, 0.717) is 10.6 Å². The number of halogens is 1. The number of carbonyl (C=O) groups is 1. The molecule has 0 unspecified atom stereocenters. The quantitative estimate of drug-likeness (QED) is 0.897. The highest BCUT2D eigenvalue weighted by Gasteiger charge is 2.27. The lowest BCUT2D eigenvalue weighted by molar-refractivity contribution is 0.0923. The summed E-state index contributed by atoms with van der Waals surface area (Å²) in [6, 6.07) is 1.91. The van der Waals surface area contributed by atoms with E-state index in [-0.39, 0.29) is 23.7 Å². The number of thiophene rings is 1. The number of hydrogen-bond acceptors (Lipinski definition) is 4. The predicted molar refractivity (Wildman–Crippen MR) is 85.4 cm³/mol. The maximum atomic E-state index is 12.2. The third kappa shape index (κ3) is 4.11. The number of amides is 1. The van der Waals surface area contributed by atoms with Crippen molar-refractivity contribution in [3.8, 4) is 5.75 Å². The van der Waals surface area contributed by atoms with Crippen LogP contribution in [0.3, 0.4) is 0 Å². The maximum absolute atomic E-state index is 12.2. The van der Waals surface area contributed by atoms with Crippen LogP contribution in [0, 0.1) is 12.3 Å². The third-order valence-corrected chi connectivity index (χ3v) is 4.76. The summed E-state index contributed by atoms with van der Waals surface area (Å²) in [7, 11) is 1.60. The summed E-state index contributed by atoms with van der Waals surface area (Å²) in [6.45, 7) is 7.03. The van der Waals surface area contributed by atoms with Crippen molar-refractivity contribution in [1.82, 2.24) is 10.6 Å². The largest absolute Gasteiger partial charge is 0.495 e. The van der Waals surface area contributed by atoms with Crippen molar-refractivity contribution in [3.63, 3.8) is 0 Å². The van der Waals surface area contributed by atoms with Gasteiger partial charge in [0.15, 0.2) is 0 Å². The zero-order valence-electron chi connectivity index (χ0n) is 12.2. The Morgan fingerprint density at radius 1 is 1.50 bits per heavy atom. The van der Waals surface area contributed by atoms with Gasteiger partial charge in [-0.1, -0.05) is 6.92 Å². The van der Waals surface area contributed by atoms with E-state index in [1.807, 2.05) is 13.0 Å². The number of ether oxygens (including phenoxy) is 1. The molecular weight excluding hydrogens is 296 g/mol. The first kappa shape index (κ1) is 17.3. The molecule has 1 aliphatic heterocycles. The Balaban J connectivity index is 0.00000200. The molecule has 0 radical (unpaired) electrons. The Labute approximate surface area is 130 Å². The van der Waals surface area contributed by atoms with Gasteiger partial charge in [-0.15, -0.1) is 23.7 Å². The summed E-state index contributed by atoms with van der Waals surface area (Å²) >= 11 is 1.48. The fourth-order valence-electron chi connectivity index (χ4n) is 2.38. The van der Waals surface area contributed by atoms with Gasteiger partial charge in [0.05, 0.1) is 7.11 Å². The van der Waals surface area contributed by atoms with Crippen molar-refractivity contribution in [2.75, 3.05) is 26.7 Å². The van der Waals surface area contributed by atoms with Gasteiger partial charge in [0, 0.05) is 11.4 Å². The van der Waals surface area contributed by atoms with Crippen molar-refractivity contribution in [3.05, 3.63) is 15.8 Å². The van der Waals surface area contributed by atoms with E-state index in [2.05, 4.69) is 17.6 Å². The van der Waals surface area contributed by atoms with Crippen LogP contribution in [0.2, 0.25) is 0 Å². The first-order chi connectivity index (χ1) is 9.04. The van der Waals surface area contributed by atoms with Gasteiger partial charge in [0.25, 0.3) is 5.91 Å². The summed E-state index contributed by atoms with van der Waals surface area (Å²) in [5.74, 6) is 0.658. The molecule has 1 fully saturated rings. The third-order valence-electron chi connectivity index (χ3n) is 3.73. The van der Waals surface area contributed by atoms with Crippen LogP contribution >= 0.6 is 23.7 Å². The van der Waals surface area contributed by atoms with Crippen LogP contribution in [-0.2, 0) is 0 Å². The first-order valence-corrected chi connectivity index (χ1v) is 7.49. The van der Waals surface area contributed by atoms with Crippen LogP contribution in [0.25, 0.3) is 0 Å². The van der Waals surface area contributed by atoms with Crippen LogP contribution in [-0.4, -0.2) is 32.7 Å². The second-order valence-corrected chi connectivity index (χ2v) is 6.75. The SMILES string of the molecule is COc1cc(C)sc1C(=O)NCC1(C)CCNCC1.Cl. The number of piperidine rings is 1. The molecule has 1 aromatic heterocycles. The Morgan fingerprint density at radius 2 is 2.15 bits per heavy atom. The molecule has 1 aliphatic rings. The van der Waals surface area contributed by atoms with E-state index < -0.39 is 0 Å². The Kier molecular flexibility index (Phi) is 6.30. The highest BCUT2D eigenvalue weighted by molar-refractivity contribution is 7.14. The monoisotopic (exact) mass is 318 g/mol. The molecule has 2 rings (SSSR count). The lowest BCUT2D eigenvalue weighted by atomic mass is 9.81. The highest BCUT2D eigenvalue weighted by atomic mass is 35.5. The molecule has 1 aromatic rings. The summed E-state index contributed by atoms with van der Waals surface area (Å²) < 4.78 is 5.24. The van der Waals surface area contributed by atoms with E-state index in [4.69, 9.17) is 4.74 Å². The molecule has 114 valence electrons. The molecule has 0 aromatic carbocycles. The van der Waals surface area contributed by atoms with E-state index in [9.17, 15) is 4.79 Å². The van der Waals surface area contributed by atoms with E-state index >= 15 is 0 Å². The topological polar surface area (TPSA) is 50.4 Å². The lowest BCUT2D eigenvalue weighted by Crippen LogP contribution is -2.42. The van der Waals surface area contributed by atoms with Gasteiger partial charge < -0.3 is 15.4 Å². The number of hydrogen-bond donors (Lipinski definition) is 2. The zero-order valence-corrected chi connectivity index (χ0v) is 13.9. The van der Waals surface area contributed by atoms with Crippen molar-refractivity contribution in [2.24, 2.45) is 5.41 Å². The van der Waals surface area contributed by atoms with E-state index in [0.717, 1.165) is 37.4 Å². The molecule has 0 saturated carbocycles. The molecular formula is C14H23ClN2O2S. The number of carbonyl (C=O) groups excluding carboxylic acids is 1. The molecule has 0 spiro atoms. The average Bonchev–Trinajstić information content (AvgIpc) is 2.78. The second-order valence-electron chi connectivity index (χ2n) is 5.50. The predicted octanol–water partition coefficient (Wildman–Crippen LogP) is 2.61. The van der Waals surface area contributed by atoms with Crippen molar-refractivity contribution in [2.45, 2.75) is 26.7 Å². The Hall–Kier alpha value is -0.780. The van der Waals surface area contributed by atoms with Gasteiger partial charge in [0.1, 0.15) is 10.6 Å². The molecule has 6 heteroatoms. The standard InChI is InChI=1S/C14H22N2O2S.ClH/c1-10-8-11(18-3)12(19-10)13(17)16-9-14(2)4-6-15-7-5-14;/h8,15H,4-7,9H2,1-3H3,(H,16,17);1H. The molecule has 0 aliphatic carbocycles. The lowest BCUT2D eigenvalue weighted by Gasteiger charge is -2.34. The minimum Gasteiger partial charge on any atom is -0.495 e. The number of nitrogens with one attached hydrogen (secondary N) is 2. The van der Waals surface area contributed by atoms with E-state index in [1.54, 1.807) is 7.11 Å². The van der Waals surface area contributed by atoms with Gasteiger partial charge >= 0.3 is 0 Å². The van der Waals surface area contributed by atoms with Gasteiger partial charge in [-0.05, 0) is 44.3 Å². The number of methoxy groups -OCH3 is 1. The van der Waals surface area contributed by atoms with Crippen LogP contribution < -0.4 is 15.4 Å². The smallest absolute Gasteiger partial charge is 0.265 e. The Bertz CT molecular complexity index is 456. The van der Waals surface area contributed by atoms with Crippen LogP contribution in [0.4, 0.5) is 0 Å². The van der Waals surface area contributed by atoms with Crippen LogP contribution in [0.5, 0.6) is 5.75 Å². The average molecular weight is 319 g/mol. The highest BCUT2D eigenvalue weighted by Crippen LogP contribution is 2.30. The molecule has 1 amide bonds. The summed E-state index contributed by atoms with van der Waals surface area (Å²) in [5.41, 5.74) is 0.209. The van der Waals surface area contributed by atoms with Crippen molar-refractivity contribution in [1.29, 1.82) is 0 Å². The fourth-order valence-corrected chi connectivity index (χ4v) is 3.28. The number of aryl methyl sites for hydroxylation is 1. The van der Waals surface area contributed by atoms with Crippen molar-refractivity contribution >= 4 is 29.7 Å². The van der Waals surface area contributed by atoms with Gasteiger partial charge in [-0.2, -0.15) is 0 Å².